The number of aryl methyl sites for hydroxylation is 8. The minimum atomic E-state index is 0.444. The summed E-state index contributed by atoms with van der Waals surface area (Å²) in [6.07, 6.45) is 0. The number of aromatic nitrogens is 7. The quantitative estimate of drug-likeness (QED) is 0.152. The van der Waals surface area contributed by atoms with Crippen LogP contribution in [0.1, 0.15) is 44.5 Å². The van der Waals surface area contributed by atoms with Crippen LogP contribution >= 0.6 is 0 Å². The van der Waals surface area contributed by atoms with Crippen LogP contribution in [0.15, 0.2) is 241 Å². The van der Waals surface area contributed by atoms with Crippen molar-refractivity contribution in [2.24, 2.45) is 0 Å². The van der Waals surface area contributed by atoms with Crippen LogP contribution in [0, 0.1) is 55.4 Å². The van der Waals surface area contributed by atoms with E-state index < -0.39 is 0 Å². The van der Waals surface area contributed by atoms with Crippen LogP contribution in [0.2, 0.25) is 0 Å². The zero-order valence-electron chi connectivity index (χ0n) is 53.1. The summed E-state index contributed by atoms with van der Waals surface area (Å²) in [5.41, 5.74) is 27.6. The summed E-state index contributed by atoms with van der Waals surface area (Å²) in [4.78, 5) is 17.4. The van der Waals surface area contributed by atoms with Gasteiger partial charge in [0.2, 0.25) is 5.89 Å². The van der Waals surface area contributed by atoms with E-state index in [1.54, 1.807) is 0 Å². The monoisotopic (exact) mass is 1200 g/mol. The van der Waals surface area contributed by atoms with Crippen LogP contribution in [0.4, 0.5) is 0 Å². The van der Waals surface area contributed by atoms with Crippen molar-refractivity contribution in [2.75, 3.05) is 0 Å². The van der Waals surface area contributed by atoms with Crippen LogP contribution < -0.4 is 0 Å². The molecule has 0 saturated heterocycles. The molecule has 0 radical (unpaired) electrons. The van der Waals surface area contributed by atoms with Crippen LogP contribution in [-0.4, -0.2) is 33.2 Å². The average molecular weight is 1200 g/mol. The van der Waals surface area contributed by atoms with Gasteiger partial charge in [-0.2, -0.15) is 0 Å². The Morgan fingerprint density at radius 1 is 0.258 bits per heavy atom. The lowest BCUT2D eigenvalue weighted by Crippen LogP contribution is -2.17. The predicted octanol–water partition coefficient (Wildman–Crippen LogP) is 22.1. The Bertz CT molecular complexity index is 5880. The number of hydrogen-bond donors (Lipinski definition) is 0. The van der Waals surface area contributed by atoms with Crippen LogP contribution in [0.5, 0.6) is 0 Å². The minimum absolute atomic E-state index is 0.444. The molecular weight excluding hydrogens is 1130 g/mol. The normalized spacial score (nSPS) is 12.1. The summed E-state index contributed by atoms with van der Waals surface area (Å²) in [6.45, 7) is 17.6. The molecule has 0 fully saturated rings. The Morgan fingerprint density at radius 3 is 0.914 bits per heavy atom. The van der Waals surface area contributed by atoms with E-state index in [-0.39, 0.29) is 0 Å². The smallest absolute Gasteiger partial charge is 0.230 e. The second-order valence-corrected chi connectivity index (χ2v) is 25.8. The van der Waals surface area contributed by atoms with E-state index in [1.165, 1.54) is 44.5 Å². The van der Waals surface area contributed by atoms with Crippen molar-refractivity contribution in [3.8, 4) is 68.1 Å². The molecule has 0 N–H and O–H groups in total. The lowest BCUT2D eigenvalue weighted by atomic mass is 9.93. The van der Waals surface area contributed by atoms with Gasteiger partial charge < -0.3 is 22.7 Å². The van der Waals surface area contributed by atoms with Gasteiger partial charge in [-0.25, -0.2) is 15.0 Å². The number of para-hydroxylation sites is 2. The molecule has 8 heteroatoms. The molecule has 0 spiro atoms. The number of nitrogens with zero attached hydrogens (tertiary/aromatic N) is 7. The summed E-state index contributed by atoms with van der Waals surface area (Å²) in [5.74, 6) is 1.03. The summed E-state index contributed by atoms with van der Waals surface area (Å²) < 4.78 is 17.9. The molecule has 18 rings (SSSR count). The first-order valence-electron chi connectivity index (χ1n) is 32.1. The molecule has 0 amide bonds. The molecule has 0 saturated carbocycles. The summed E-state index contributed by atoms with van der Waals surface area (Å²) >= 11 is 0. The largest absolute Gasteiger partial charge is 0.436 e. The molecule has 0 aliphatic rings. The fraction of sp³-hybridized carbons (Fsp3) is 0.0941. The van der Waals surface area contributed by atoms with Crippen LogP contribution in [0.25, 0.3) is 166 Å². The molecule has 0 atom stereocenters. The van der Waals surface area contributed by atoms with Crippen molar-refractivity contribution in [1.29, 1.82) is 0 Å². The van der Waals surface area contributed by atoms with Gasteiger partial charge in [0.25, 0.3) is 0 Å². The highest BCUT2D eigenvalue weighted by Crippen LogP contribution is 2.55. The Labute approximate surface area is 537 Å². The van der Waals surface area contributed by atoms with Gasteiger partial charge in [0.15, 0.2) is 11.4 Å². The second kappa shape index (κ2) is 20.5. The fourth-order valence-corrected chi connectivity index (χ4v) is 15.0. The zero-order chi connectivity index (χ0) is 62.7. The van der Waals surface area contributed by atoms with Crippen molar-refractivity contribution in [2.45, 2.75) is 55.4 Å². The van der Waals surface area contributed by atoms with Gasteiger partial charge >= 0.3 is 0 Å². The van der Waals surface area contributed by atoms with Gasteiger partial charge in [-0.3, -0.25) is 0 Å². The second-order valence-electron chi connectivity index (χ2n) is 25.8. The van der Waals surface area contributed by atoms with E-state index in [2.05, 4.69) is 292 Å². The van der Waals surface area contributed by atoms with E-state index in [1.807, 2.05) is 18.2 Å². The van der Waals surface area contributed by atoms with E-state index in [0.717, 1.165) is 143 Å². The van der Waals surface area contributed by atoms with Gasteiger partial charge in [0.1, 0.15) is 5.52 Å². The molecular formula is C85H63N7O. The topological polar surface area (TPSA) is 71.5 Å². The van der Waals surface area contributed by atoms with Gasteiger partial charge in [0.05, 0.1) is 83.8 Å². The highest BCUT2D eigenvalue weighted by molar-refractivity contribution is 6.19. The van der Waals surface area contributed by atoms with Crippen molar-refractivity contribution < 1.29 is 4.42 Å². The van der Waals surface area contributed by atoms with Crippen LogP contribution in [-0.2, 0) is 0 Å². The SMILES string of the molecule is Cc1ccc2c(c1)c1cc(C)ccc1n2-c1c(-c2cc(-c3ccccc3)nc(-c3ccccc3)n2)c(-c2nc3ccccc3o2)c(-n2c3ccc(C)cc3c3cc(C)ccc32)c(-n2c3ccc(C)cc3c3cc(C)ccc32)c1-n1c2ccc(C)cc2c2cc(C)ccc21. The molecule has 0 aliphatic carbocycles. The number of oxazole rings is 1. The average Bonchev–Trinajstić information content (AvgIpc) is 1.54. The molecule has 8 nitrogen and oxygen atoms in total. The van der Waals surface area contributed by atoms with Crippen molar-refractivity contribution >= 4 is 98.3 Å². The molecule has 444 valence electrons. The van der Waals surface area contributed by atoms with E-state index in [9.17, 15) is 0 Å². The Hall–Kier alpha value is -11.6. The first-order valence-corrected chi connectivity index (χ1v) is 32.1. The van der Waals surface area contributed by atoms with Gasteiger partial charge in [0, 0.05) is 59.8 Å². The Kier molecular flexibility index (Phi) is 12.0. The third-order valence-corrected chi connectivity index (χ3v) is 19.2. The number of benzene rings is 12. The lowest BCUT2D eigenvalue weighted by Gasteiger charge is -2.30. The van der Waals surface area contributed by atoms with Gasteiger partial charge in [-0.15, -0.1) is 0 Å². The maximum absolute atomic E-state index is 7.61. The molecule has 0 unspecified atom stereocenters. The molecule has 93 heavy (non-hydrogen) atoms. The first kappa shape index (κ1) is 54.3. The third-order valence-electron chi connectivity index (χ3n) is 19.2. The molecule has 18 aromatic rings. The molecule has 0 bridgehead atoms. The van der Waals surface area contributed by atoms with Gasteiger partial charge in [-0.1, -0.05) is 166 Å². The number of rotatable bonds is 8. The minimum Gasteiger partial charge on any atom is -0.436 e. The molecule has 12 aromatic carbocycles. The van der Waals surface area contributed by atoms with E-state index in [0.29, 0.717) is 23.0 Å². The molecule has 6 aromatic heterocycles. The maximum Gasteiger partial charge on any atom is 0.230 e. The van der Waals surface area contributed by atoms with Crippen molar-refractivity contribution in [3.63, 3.8) is 0 Å². The number of hydrogen-bond acceptors (Lipinski definition) is 4. The Balaban J connectivity index is 1.24. The third kappa shape index (κ3) is 8.34. The fourth-order valence-electron chi connectivity index (χ4n) is 15.0. The summed E-state index contributed by atoms with van der Waals surface area (Å²) in [6, 6.07) is 87.1. The molecule has 0 aliphatic heterocycles. The standard InChI is InChI=1S/C85H63N7O/c1-48-23-31-69-58(39-48)59-40-49(2)24-32-70(59)89(69)80-78(68-47-67(56-17-11-9-12-18-56)86-84(87-68)57-19-13-10-14-20-57)79(85-88-66-21-15-16-22-77(66)93-85)81(90-71-33-25-50(3)41-60(71)61-42-51(4)26-34-72(61)90)83(92-75-37-29-54(7)45-64(75)65-46-55(8)30-38-76(65)92)82(80)91-73-35-27-52(5)43-62(73)63-44-53(6)28-36-74(63)91/h9-47H,1-8H3. The first-order chi connectivity index (χ1) is 45.4. The van der Waals surface area contributed by atoms with E-state index >= 15 is 0 Å². The lowest BCUT2D eigenvalue weighted by molar-refractivity contribution is 0.619. The predicted molar refractivity (Wildman–Crippen MR) is 387 cm³/mol. The maximum atomic E-state index is 7.61. The van der Waals surface area contributed by atoms with Crippen molar-refractivity contribution in [3.05, 3.63) is 281 Å². The highest BCUT2D eigenvalue weighted by Gasteiger charge is 2.38. The summed E-state index contributed by atoms with van der Waals surface area (Å²) in [5, 5.41) is 9.17. The highest BCUT2D eigenvalue weighted by atomic mass is 16.3. The van der Waals surface area contributed by atoms with Crippen LogP contribution in [0.3, 0.4) is 0 Å². The van der Waals surface area contributed by atoms with Crippen molar-refractivity contribution in [1.82, 2.24) is 33.2 Å². The Morgan fingerprint density at radius 2 is 0.559 bits per heavy atom. The summed E-state index contributed by atoms with van der Waals surface area (Å²) in [7, 11) is 0. The number of fused-ring (bicyclic) bond motifs is 13. The van der Waals surface area contributed by atoms with Gasteiger partial charge in [-0.05, 0) is 171 Å². The molecule has 6 heterocycles. The van der Waals surface area contributed by atoms with E-state index in [4.69, 9.17) is 19.4 Å². The zero-order valence-corrected chi connectivity index (χ0v) is 53.1.